The van der Waals surface area contributed by atoms with Gasteiger partial charge in [-0.15, -0.1) is 0 Å². The molecule has 1 N–H and O–H groups in total. The SMILES string of the molecule is CC(=O)N1c2ccc(S(=O)(=O)N(C)CC(=O)O)cc2CC1C. The Hall–Kier alpha value is -1.93. The highest BCUT2D eigenvalue weighted by Gasteiger charge is 2.31. The summed E-state index contributed by atoms with van der Waals surface area (Å²) in [6.07, 6.45) is 0.570. The number of likely N-dealkylation sites (N-methyl/N-ethyl adjacent to an activating group) is 1. The van der Waals surface area contributed by atoms with Crippen molar-refractivity contribution in [1.82, 2.24) is 4.31 Å². The van der Waals surface area contributed by atoms with Crippen molar-refractivity contribution in [2.45, 2.75) is 31.2 Å². The normalized spacial score (nSPS) is 17.6. The number of sulfonamides is 1. The lowest BCUT2D eigenvalue weighted by atomic mass is 10.1. The second-order valence-corrected chi connectivity index (χ2v) is 7.43. The van der Waals surface area contributed by atoms with Crippen molar-refractivity contribution in [3.63, 3.8) is 0 Å². The van der Waals surface area contributed by atoms with Crippen LogP contribution in [0.15, 0.2) is 23.1 Å². The van der Waals surface area contributed by atoms with E-state index in [9.17, 15) is 18.0 Å². The van der Waals surface area contributed by atoms with Gasteiger partial charge in [0.1, 0.15) is 6.54 Å². The van der Waals surface area contributed by atoms with Crippen LogP contribution in [0.5, 0.6) is 0 Å². The van der Waals surface area contributed by atoms with Crippen LogP contribution in [0.25, 0.3) is 0 Å². The van der Waals surface area contributed by atoms with E-state index >= 15 is 0 Å². The molecule has 1 amide bonds. The molecular formula is C14H18N2O5S. The summed E-state index contributed by atoms with van der Waals surface area (Å²) in [6.45, 7) is 2.76. The number of carbonyl (C=O) groups excluding carboxylic acids is 1. The van der Waals surface area contributed by atoms with E-state index in [4.69, 9.17) is 5.11 Å². The number of benzene rings is 1. The van der Waals surface area contributed by atoms with Gasteiger partial charge in [-0.05, 0) is 37.1 Å². The van der Waals surface area contributed by atoms with Crippen LogP contribution in [0, 0.1) is 0 Å². The van der Waals surface area contributed by atoms with Gasteiger partial charge in [0.2, 0.25) is 15.9 Å². The molecule has 1 aliphatic rings. The molecule has 0 aromatic heterocycles. The van der Waals surface area contributed by atoms with Gasteiger partial charge in [0.15, 0.2) is 0 Å². The van der Waals surface area contributed by atoms with E-state index in [2.05, 4.69) is 0 Å². The molecule has 2 rings (SSSR count). The lowest BCUT2D eigenvalue weighted by Crippen LogP contribution is -2.33. The molecule has 1 aromatic rings. The molecule has 0 spiro atoms. The molecule has 1 unspecified atom stereocenters. The average Bonchev–Trinajstić information content (AvgIpc) is 2.72. The Morgan fingerprint density at radius 1 is 1.41 bits per heavy atom. The summed E-state index contributed by atoms with van der Waals surface area (Å²) < 4.78 is 25.5. The average molecular weight is 326 g/mol. The minimum atomic E-state index is -3.86. The van der Waals surface area contributed by atoms with Gasteiger partial charge >= 0.3 is 5.97 Å². The van der Waals surface area contributed by atoms with Crippen molar-refractivity contribution >= 4 is 27.6 Å². The minimum Gasteiger partial charge on any atom is -0.480 e. The van der Waals surface area contributed by atoms with Gasteiger partial charge in [-0.25, -0.2) is 8.42 Å². The molecule has 22 heavy (non-hydrogen) atoms. The molecule has 0 bridgehead atoms. The van der Waals surface area contributed by atoms with Gasteiger partial charge in [-0.2, -0.15) is 4.31 Å². The largest absolute Gasteiger partial charge is 0.480 e. The quantitative estimate of drug-likeness (QED) is 0.878. The van der Waals surface area contributed by atoms with E-state index in [1.165, 1.54) is 26.1 Å². The van der Waals surface area contributed by atoms with Crippen molar-refractivity contribution in [2.24, 2.45) is 0 Å². The van der Waals surface area contributed by atoms with Gasteiger partial charge < -0.3 is 10.0 Å². The van der Waals surface area contributed by atoms with E-state index in [1.54, 1.807) is 11.0 Å². The van der Waals surface area contributed by atoms with Crippen LogP contribution in [0.2, 0.25) is 0 Å². The van der Waals surface area contributed by atoms with Crippen LogP contribution in [0.1, 0.15) is 19.4 Å². The van der Waals surface area contributed by atoms with Crippen LogP contribution in [0.3, 0.4) is 0 Å². The molecule has 8 heteroatoms. The zero-order chi connectivity index (χ0) is 16.7. The zero-order valence-corrected chi connectivity index (χ0v) is 13.4. The summed E-state index contributed by atoms with van der Waals surface area (Å²) in [5.74, 6) is -1.31. The third kappa shape index (κ3) is 2.84. The highest BCUT2D eigenvalue weighted by Crippen LogP contribution is 2.34. The third-order valence-electron chi connectivity index (χ3n) is 3.67. The minimum absolute atomic E-state index is 0.0257. The van der Waals surface area contributed by atoms with Crippen LogP contribution >= 0.6 is 0 Å². The molecule has 1 heterocycles. The molecule has 7 nitrogen and oxygen atoms in total. The molecular weight excluding hydrogens is 308 g/mol. The lowest BCUT2D eigenvalue weighted by molar-refractivity contribution is -0.137. The highest BCUT2D eigenvalue weighted by atomic mass is 32.2. The standard InChI is InChI=1S/C14H18N2O5S/c1-9-6-11-7-12(4-5-13(11)16(9)10(2)17)22(20,21)15(3)8-14(18)19/h4-5,7,9H,6,8H2,1-3H3,(H,18,19). The maximum atomic E-state index is 12.3. The van der Waals surface area contributed by atoms with Gasteiger partial charge in [-0.3, -0.25) is 9.59 Å². The Labute approximate surface area is 129 Å². The number of carboxylic acid groups (broad SMARTS) is 1. The predicted octanol–water partition coefficient (Wildman–Crippen LogP) is 0.689. The fourth-order valence-corrected chi connectivity index (χ4v) is 3.87. The zero-order valence-electron chi connectivity index (χ0n) is 12.6. The van der Waals surface area contributed by atoms with Gasteiger partial charge in [0, 0.05) is 25.7 Å². The first-order chi connectivity index (χ1) is 10.1. The first kappa shape index (κ1) is 16.4. The monoisotopic (exact) mass is 326 g/mol. The summed E-state index contributed by atoms with van der Waals surface area (Å²) in [5.41, 5.74) is 1.48. The first-order valence-corrected chi connectivity index (χ1v) is 8.19. The number of nitrogens with zero attached hydrogens (tertiary/aromatic N) is 2. The van der Waals surface area contributed by atoms with Crippen molar-refractivity contribution in [2.75, 3.05) is 18.5 Å². The Morgan fingerprint density at radius 2 is 2.05 bits per heavy atom. The Bertz CT molecular complexity index is 729. The molecule has 1 atom stereocenters. The van der Waals surface area contributed by atoms with Gasteiger partial charge in [0.05, 0.1) is 4.90 Å². The smallest absolute Gasteiger partial charge is 0.318 e. The number of anilines is 1. The van der Waals surface area contributed by atoms with Crippen molar-refractivity contribution < 1.29 is 23.1 Å². The van der Waals surface area contributed by atoms with E-state index in [0.717, 1.165) is 9.87 Å². The molecule has 0 fully saturated rings. The number of amides is 1. The van der Waals surface area contributed by atoms with Crippen molar-refractivity contribution in [3.8, 4) is 0 Å². The second kappa shape index (κ2) is 5.69. The number of hydrogen-bond acceptors (Lipinski definition) is 4. The van der Waals surface area contributed by atoms with E-state index in [0.29, 0.717) is 12.1 Å². The number of carboxylic acids is 1. The Morgan fingerprint density at radius 3 is 2.59 bits per heavy atom. The van der Waals surface area contributed by atoms with E-state index in [1.807, 2.05) is 6.92 Å². The second-order valence-electron chi connectivity index (χ2n) is 5.39. The number of aliphatic carboxylic acids is 1. The topological polar surface area (TPSA) is 95.0 Å². The third-order valence-corrected chi connectivity index (χ3v) is 5.47. The van der Waals surface area contributed by atoms with E-state index < -0.39 is 22.5 Å². The van der Waals surface area contributed by atoms with Crippen LogP contribution in [-0.4, -0.2) is 49.3 Å². The predicted molar refractivity (Wildman–Crippen MR) is 80.2 cm³/mol. The molecule has 0 aliphatic carbocycles. The summed E-state index contributed by atoms with van der Waals surface area (Å²) in [4.78, 5) is 24.0. The molecule has 120 valence electrons. The van der Waals surface area contributed by atoms with Gasteiger partial charge in [-0.1, -0.05) is 0 Å². The van der Waals surface area contributed by atoms with Crippen molar-refractivity contribution in [3.05, 3.63) is 23.8 Å². The number of carbonyl (C=O) groups is 2. The maximum absolute atomic E-state index is 12.3. The summed E-state index contributed by atoms with van der Waals surface area (Å²) in [5, 5.41) is 8.73. The molecule has 0 radical (unpaired) electrons. The lowest BCUT2D eigenvalue weighted by Gasteiger charge is -2.21. The number of hydrogen-bond donors (Lipinski definition) is 1. The van der Waals surface area contributed by atoms with Crippen molar-refractivity contribution in [1.29, 1.82) is 0 Å². The van der Waals surface area contributed by atoms with E-state index in [-0.39, 0.29) is 16.8 Å². The Balaban J connectivity index is 2.39. The van der Waals surface area contributed by atoms with Crippen LogP contribution in [0.4, 0.5) is 5.69 Å². The summed E-state index contributed by atoms with van der Waals surface area (Å²) >= 11 is 0. The highest BCUT2D eigenvalue weighted by molar-refractivity contribution is 7.89. The maximum Gasteiger partial charge on any atom is 0.318 e. The molecule has 1 aliphatic heterocycles. The van der Waals surface area contributed by atoms with Crippen LogP contribution in [-0.2, 0) is 26.0 Å². The summed E-state index contributed by atoms with van der Waals surface area (Å²) in [6, 6.07) is 4.49. The number of fused-ring (bicyclic) bond motifs is 1. The number of rotatable bonds is 4. The molecule has 0 saturated heterocycles. The molecule has 1 aromatic carbocycles. The fourth-order valence-electron chi connectivity index (χ4n) is 2.70. The van der Waals surface area contributed by atoms with Crippen LogP contribution < -0.4 is 4.90 Å². The Kier molecular flexibility index (Phi) is 4.25. The molecule has 0 saturated carbocycles. The van der Waals surface area contributed by atoms with Gasteiger partial charge in [0.25, 0.3) is 0 Å². The summed E-state index contributed by atoms with van der Waals surface area (Å²) in [7, 11) is -2.64. The first-order valence-electron chi connectivity index (χ1n) is 6.75. The fraction of sp³-hybridized carbons (Fsp3) is 0.429.